The predicted octanol–water partition coefficient (Wildman–Crippen LogP) is 3.46. The van der Waals surface area contributed by atoms with E-state index in [1.54, 1.807) is 0 Å². The highest BCUT2D eigenvalue weighted by atomic mass is 16.1. The molecule has 1 aromatic rings. The van der Waals surface area contributed by atoms with Crippen LogP contribution in [0.3, 0.4) is 0 Å². The molecule has 0 aliphatic carbocycles. The summed E-state index contributed by atoms with van der Waals surface area (Å²) in [4.78, 5) is 14.7. The summed E-state index contributed by atoms with van der Waals surface area (Å²) in [6, 6.07) is 6.12. The normalized spacial score (nSPS) is 23.8. The van der Waals surface area contributed by atoms with Crippen LogP contribution in [-0.4, -0.2) is 30.3 Å². The Hall–Kier alpha value is -1.15. The molecular weight excluding hydrogens is 234 g/mol. The summed E-state index contributed by atoms with van der Waals surface area (Å²) >= 11 is 0. The maximum Gasteiger partial charge on any atom is 0.164 e. The number of ketones is 1. The van der Waals surface area contributed by atoms with Gasteiger partial charge in [0.15, 0.2) is 5.78 Å². The van der Waals surface area contributed by atoms with Gasteiger partial charge in [0, 0.05) is 31.6 Å². The lowest BCUT2D eigenvalue weighted by molar-refractivity contribution is 0.0967. The molecule has 2 unspecified atom stereocenters. The third kappa shape index (κ3) is 3.66. The first-order valence-corrected chi connectivity index (χ1v) is 7.29. The van der Waals surface area contributed by atoms with Gasteiger partial charge in [-0.2, -0.15) is 0 Å². The molecule has 19 heavy (non-hydrogen) atoms. The SMILES string of the molecule is Cc1cc(C)cc(C(=O)CCN2CC(C)C(C)C2)c1. The Balaban J connectivity index is 1.91. The summed E-state index contributed by atoms with van der Waals surface area (Å²) in [6.45, 7) is 11.9. The van der Waals surface area contributed by atoms with Crippen molar-refractivity contribution >= 4 is 5.78 Å². The zero-order valence-corrected chi connectivity index (χ0v) is 12.6. The van der Waals surface area contributed by atoms with E-state index < -0.39 is 0 Å². The van der Waals surface area contributed by atoms with Gasteiger partial charge >= 0.3 is 0 Å². The first-order chi connectivity index (χ1) is 8.95. The van der Waals surface area contributed by atoms with Gasteiger partial charge in [-0.15, -0.1) is 0 Å². The van der Waals surface area contributed by atoms with Gasteiger partial charge in [-0.1, -0.05) is 31.0 Å². The van der Waals surface area contributed by atoms with E-state index in [2.05, 4.69) is 24.8 Å². The lowest BCUT2D eigenvalue weighted by atomic mass is 10.0. The van der Waals surface area contributed by atoms with Crippen molar-refractivity contribution in [3.8, 4) is 0 Å². The lowest BCUT2D eigenvalue weighted by Crippen LogP contribution is -2.24. The average molecular weight is 259 g/mol. The Morgan fingerprint density at radius 3 is 2.16 bits per heavy atom. The Morgan fingerprint density at radius 1 is 1.11 bits per heavy atom. The molecule has 104 valence electrons. The topological polar surface area (TPSA) is 20.3 Å². The maximum atomic E-state index is 12.2. The van der Waals surface area contributed by atoms with Crippen molar-refractivity contribution in [1.29, 1.82) is 0 Å². The number of carbonyl (C=O) groups is 1. The summed E-state index contributed by atoms with van der Waals surface area (Å²) in [6.07, 6.45) is 0.641. The van der Waals surface area contributed by atoms with E-state index in [0.29, 0.717) is 6.42 Å². The Labute approximate surface area is 116 Å². The number of carbonyl (C=O) groups excluding carboxylic acids is 1. The van der Waals surface area contributed by atoms with Gasteiger partial charge in [-0.25, -0.2) is 0 Å². The number of Topliss-reactive ketones (excluding diaryl/α,β-unsaturated/α-hetero) is 1. The molecular formula is C17H25NO. The van der Waals surface area contributed by atoms with Crippen molar-refractivity contribution in [3.63, 3.8) is 0 Å². The molecule has 2 nitrogen and oxygen atoms in total. The second kappa shape index (κ2) is 5.87. The molecule has 0 radical (unpaired) electrons. The number of rotatable bonds is 4. The van der Waals surface area contributed by atoms with Gasteiger partial charge in [0.25, 0.3) is 0 Å². The highest BCUT2D eigenvalue weighted by Gasteiger charge is 2.25. The van der Waals surface area contributed by atoms with Gasteiger partial charge in [-0.05, 0) is 37.8 Å². The van der Waals surface area contributed by atoms with Gasteiger partial charge in [-0.3, -0.25) is 4.79 Å². The monoisotopic (exact) mass is 259 g/mol. The van der Waals surface area contributed by atoms with E-state index in [4.69, 9.17) is 0 Å². The minimum Gasteiger partial charge on any atom is -0.302 e. The first-order valence-electron chi connectivity index (χ1n) is 7.29. The maximum absolute atomic E-state index is 12.2. The van der Waals surface area contributed by atoms with E-state index in [1.165, 1.54) is 11.1 Å². The number of benzene rings is 1. The fourth-order valence-corrected chi connectivity index (χ4v) is 2.97. The zero-order valence-electron chi connectivity index (χ0n) is 12.6. The molecule has 1 heterocycles. The van der Waals surface area contributed by atoms with E-state index in [9.17, 15) is 4.79 Å². The van der Waals surface area contributed by atoms with Crippen LogP contribution in [0.4, 0.5) is 0 Å². The Morgan fingerprint density at radius 2 is 1.63 bits per heavy atom. The molecule has 1 fully saturated rings. The quantitative estimate of drug-likeness (QED) is 0.772. The van der Waals surface area contributed by atoms with Crippen LogP contribution < -0.4 is 0 Å². The molecule has 0 aromatic heterocycles. The van der Waals surface area contributed by atoms with Gasteiger partial charge in [0.2, 0.25) is 0 Å². The minimum absolute atomic E-state index is 0.277. The summed E-state index contributed by atoms with van der Waals surface area (Å²) in [5.41, 5.74) is 3.22. The predicted molar refractivity (Wildman–Crippen MR) is 79.6 cm³/mol. The smallest absolute Gasteiger partial charge is 0.164 e. The van der Waals surface area contributed by atoms with Crippen LogP contribution in [0.1, 0.15) is 41.8 Å². The number of aryl methyl sites for hydroxylation is 2. The summed E-state index contributed by atoms with van der Waals surface area (Å²) in [5, 5.41) is 0. The van der Waals surface area contributed by atoms with Crippen LogP contribution in [0.25, 0.3) is 0 Å². The molecule has 1 aromatic carbocycles. The van der Waals surface area contributed by atoms with Crippen molar-refractivity contribution in [2.24, 2.45) is 11.8 Å². The number of nitrogens with zero attached hydrogens (tertiary/aromatic N) is 1. The van der Waals surface area contributed by atoms with Gasteiger partial charge in [0.1, 0.15) is 0 Å². The van der Waals surface area contributed by atoms with Crippen LogP contribution in [0, 0.1) is 25.7 Å². The molecule has 0 bridgehead atoms. The number of hydrogen-bond donors (Lipinski definition) is 0. The molecule has 1 aliphatic heterocycles. The molecule has 0 saturated carbocycles. The van der Waals surface area contributed by atoms with Gasteiger partial charge < -0.3 is 4.90 Å². The first kappa shape index (κ1) is 14.3. The molecule has 2 rings (SSSR count). The highest BCUT2D eigenvalue weighted by molar-refractivity contribution is 5.96. The number of likely N-dealkylation sites (tertiary alicyclic amines) is 1. The van der Waals surface area contributed by atoms with Crippen molar-refractivity contribution in [2.75, 3.05) is 19.6 Å². The lowest BCUT2D eigenvalue weighted by Gasteiger charge is -2.14. The zero-order chi connectivity index (χ0) is 14.0. The second-order valence-electron chi connectivity index (χ2n) is 6.26. The highest BCUT2D eigenvalue weighted by Crippen LogP contribution is 2.22. The summed E-state index contributed by atoms with van der Waals surface area (Å²) < 4.78 is 0. The average Bonchev–Trinajstić information content (AvgIpc) is 2.64. The van der Waals surface area contributed by atoms with E-state index in [0.717, 1.165) is 37.0 Å². The Bertz CT molecular complexity index is 436. The van der Waals surface area contributed by atoms with E-state index >= 15 is 0 Å². The second-order valence-corrected chi connectivity index (χ2v) is 6.26. The summed E-state index contributed by atoms with van der Waals surface area (Å²) in [7, 11) is 0. The molecule has 0 amide bonds. The van der Waals surface area contributed by atoms with Crippen molar-refractivity contribution in [3.05, 3.63) is 34.9 Å². The van der Waals surface area contributed by atoms with E-state index in [1.807, 2.05) is 26.0 Å². The van der Waals surface area contributed by atoms with Crippen molar-refractivity contribution in [1.82, 2.24) is 4.90 Å². The Kier molecular flexibility index (Phi) is 4.41. The molecule has 1 aliphatic rings. The molecule has 0 N–H and O–H groups in total. The van der Waals surface area contributed by atoms with E-state index in [-0.39, 0.29) is 5.78 Å². The van der Waals surface area contributed by atoms with Crippen molar-refractivity contribution in [2.45, 2.75) is 34.1 Å². The van der Waals surface area contributed by atoms with Crippen LogP contribution >= 0.6 is 0 Å². The van der Waals surface area contributed by atoms with Crippen LogP contribution in [-0.2, 0) is 0 Å². The minimum atomic E-state index is 0.277. The molecule has 2 atom stereocenters. The number of hydrogen-bond acceptors (Lipinski definition) is 2. The van der Waals surface area contributed by atoms with Crippen LogP contribution in [0.15, 0.2) is 18.2 Å². The fraction of sp³-hybridized carbons (Fsp3) is 0.588. The third-order valence-corrected chi connectivity index (χ3v) is 4.26. The van der Waals surface area contributed by atoms with Gasteiger partial charge in [0.05, 0.1) is 0 Å². The standard InChI is InChI=1S/C17H25NO/c1-12-7-13(2)9-16(8-12)17(19)5-6-18-10-14(3)15(4)11-18/h7-9,14-15H,5-6,10-11H2,1-4H3. The molecule has 2 heteroatoms. The molecule has 1 saturated heterocycles. The summed E-state index contributed by atoms with van der Waals surface area (Å²) in [5.74, 6) is 1.80. The molecule has 0 spiro atoms. The van der Waals surface area contributed by atoms with Crippen LogP contribution in [0.5, 0.6) is 0 Å². The third-order valence-electron chi connectivity index (χ3n) is 4.26. The fourth-order valence-electron chi connectivity index (χ4n) is 2.97. The van der Waals surface area contributed by atoms with Crippen LogP contribution in [0.2, 0.25) is 0 Å². The van der Waals surface area contributed by atoms with Crippen molar-refractivity contribution < 1.29 is 4.79 Å². The largest absolute Gasteiger partial charge is 0.302 e.